The highest BCUT2D eigenvalue weighted by Crippen LogP contribution is 2.39. The van der Waals surface area contributed by atoms with E-state index < -0.39 is 11.8 Å². The Morgan fingerprint density at radius 2 is 1.94 bits per heavy atom. The number of benzene rings is 2. The number of aromatic nitrogens is 4. The Morgan fingerprint density at radius 3 is 2.73 bits per heavy atom. The summed E-state index contributed by atoms with van der Waals surface area (Å²) in [6, 6.07) is 12.7. The van der Waals surface area contributed by atoms with Crippen molar-refractivity contribution in [1.29, 1.82) is 0 Å². The molecule has 11 nitrogen and oxygen atoms in total. The minimum absolute atomic E-state index is 0.0128. The van der Waals surface area contributed by atoms with E-state index >= 15 is 0 Å². The lowest BCUT2D eigenvalue weighted by Gasteiger charge is -2.37. The number of para-hydroxylation sites is 1. The zero-order valence-corrected chi connectivity index (χ0v) is 30.4. The molecule has 2 aliphatic heterocycles. The molecular formula is C37H39FN8O3S2. The van der Waals surface area contributed by atoms with Crippen LogP contribution in [0.3, 0.4) is 0 Å². The number of piperazine rings is 1. The zero-order chi connectivity index (χ0) is 35.5. The van der Waals surface area contributed by atoms with Crippen LogP contribution in [0.1, 0.15) is 58.7 Å². The molecule has 51 heavy (non-hydrogen) atoms. The van der Waals surface area contributed by atoms with Gasteiger partial charge < -0.3 is 25.4 Å². The fourth-order valence-corrected chi connectivity index (χ4v) is 8.33. The molecule has 0 radical (unpaired) electrons. The van der Waals surface area contributed by atoms with Crippen molar-refractivity contribution in [3.8, 4) is 17.6 Å². The first kappa shape index (κ1) is 34.8. The molecular weight excluding hydrogens is 688 g/mol. The number of rotatable bonds is 10. The third-order valence-corrected chi connectivity index (χ3v) is 11.3. The maximum atomic E-state index is 15.0. The number of carboxylic acids is 1. The fourth-order valence-electron chi connectivity index (χ4n) is 6.34. The molecule has 1 fully saturated rings. The van der Waals surface area contributed by atoms with Crippen molar-refractivity contribution in [3.63, 3.8) is 0 Å². The molecule has 0 atom stereocenters. The Balaban J connectivity index is 0.996. The monoisotopic (exact) mass is 726 g/mol. The average molecular weight is 727 g/mol. The van der Waals surface area contributed by atoms with E-state index in [1.54, 1.807) is 23.5 Å². The van der Waals surface area contributed by atoms with Crippen molar-refractivity contribution in [1.82, 2.24) is 30.4 Å². The average Bonchev–Trinajstić information content (AvgIpc) is 3.75. The van der Waals surface area contributed by atoms with E-state index in [0.29, 0.717) is 46.6 Å². The van der Waals surface area contributed by atoms with Gasteiger partial charge in [-0.15, -0.1) is 21.5 Å². The smallest absolute Gasteiger partial charge is 0.355 e. The van der Waals surface area contributed by atoms with Gasteiger partial charge in [0, 0.05) is 54.3 Å². The van der Waals surface area contributed by atoms with Gasteiger partial charge in [0.05, 0.1) is 22.4 Å². The Hall–Kier alpha value is -4.68. The SMILES string of the molecule is Cc1c(Nc2nc3ccccc3s2)nnc2c1CCCN2c1nc(C(=O)O)c(CCCOc2ccc(C#CC(C)(C)N3CCNCC3)cc2F)s1. The van der Waals surface area contributed by atoms with E-state index in [4.69, 9.17) is 4.74 Å². The van der Waals surface area contributed by atoms with E-state index in [-0.39, 0.29) is 23.6 Å². The molecule has 264 valence electrons. The van der Waals surface area contributed by atoms with Gasteiger partial charge in [-0.25, -0.2) is 19.2 Å². The molecule has 5 aromatic rings. The van der Waals surface area contributed by atoms with Crippen LogP contribution in [0.4, 0.5) is 26.3 Å². The molecule has 0 bridgehead atoms. The Kier molecular flexibility index (Phi) is 10.1. The molecule has 0 aliphatic carbocycles. The summed E-state index contributed by atoms with van der Waals surface area (Å²) in [5.74, 6) is 6.32. The summed E-state index contributed by atoms with van der Waals surface area (Å²) >= 11 is 2.89. The van der Waals surface area contributed by atoms with Gasteiger partial charge in [-0.2, -0.15) is 0 Å². The number of aromatic carboxylic acids is 1. The van der Waals surface area contributed by atoms with Crippen LogP contribution in [0.25, 0.3) is 10.2 Å². The van der Waals surface area contributed by atoms with E-state index in [1.807, 2.05) is 36.1 Å². The summed E-state index contributed by atoms with van der Waals surface area (Å²) < 4.78 is 21.8. The fraction of sp³-hybridized carbons (Fsp3) is 0.378. The number of carbonyl (C=O) groups is 1. The molecule has 2 aromatic carbocycles. The zero-order valence-electron chi connectivity index (χ0n) is 28.8. The van der Waals surface area contributed by atoms with Gasteiger partial charge in [-0.05, 0) is 76.8 Å². The van der Waals surface area contributed by atoms with E-state index in [0.717, 1.165) is 65.5 Å². The van der Waals surface area contributed by atoms with Crippen molar-refractivity contribution in [2.75, 3.05) is 49.5 Å². The highest BCUT2D eigenvalue weighted by atomic mass is 32.1. The maximum absolute atomic E-state index is 15.0. The van der Waals surface area contributed by atoms with Gasteiger partial charge in [-0.1, -0.05) is 35.3 Å². The van der Waals surface area contributed by atoms with Crippen LogP contribution < -0.4 is 20.3 Å². The maximum Gasteiger partial charge on any atom is 0.355 e. The van der Waals surface area contributed by atoms with Crippen LogP contribution in [0.2, 0.25) is 0 Å². The number of halogens is 1. The summed E-state index contributed by atoms with van der Waals surface area (Å²) in [7, 11) is 0. The molecule has 3 aromatic heterocycles. The second kappa shape index (κ2) is 14.9. The predicted octanol–water partition coefficient (Wildman–Crippen LogP) is 6.56. The number of fused-ring (bicyclic) bond motifs is 2. The molecule has 3 N–H and O–H groups in total. The van der Waals surface area contributed by atoms with Crippen molar-refractivity contribution in [2.45, 2.75) is 52.0 Å². The molecule has 0 unspecified atom stereocenters. The lowest BCUT2D eigenvalue weighted by Crippen LogP contribution is -2.52. The number of ether oxygens (including phenoxy) is 1. The van der Waals surface area contributed by atoms with Crippen LogP contribution in [0, 0.1) is 24.6 Å². The van der Waals surface area contributed by atoms with Gasteiger partial charge in [-0.3, -0.25) is 4.90 Å². The van der Waals surface area contributed by atoms with Gasteiger partial charge in [0.15, 0.2) is 39.2 Å². The number of aryl methyl sites for hydroxylation is 1. The molecule has 1 saturated heterocycles. The Morgan fingerprint density at radius 1 is 1.12 bits per heavy atom. The van der Waals surface area contributed by atoms with Crippen molar-refractivity contribution in [2.24, 2.45) is 0 Å². The highest BCUT2D eigenvalue weighted by molar-refractivity contribution is 7.22. The summed E-state index contributed by atoms with van der Waals surface area (Å²) in [6.45, 7) is 10.8. The summed E-state index contributed by atoms with van der Waals surface area (Å²) in [4.78, 5) is 26.3. The molecule has 5 heterocycles. The van der Waals surface area contributed by atoms with Crippen LogP contribution in [-0.4, -0.2) is 81.0 Å². The number of thiazole rings is 2. The number of hydrogen-bond donors (Lipinski definition) is 3. The van der Waals surface area contributed by atoms with Gasteiger partial charge >= 0.3 is 5.97 Å². The standard InChI is InChI=1S/C37H39FN8O3S2/c1-23-25-8-6-18-46(33(25)44-43-32(23)42-35-40-27-9-4-5-10-29(27)50-35)36-41-31(34(47)48)30(51-36)11-7-21-49-28-13-12-24(22-26(28)38)14-15-37(2,3)45-19-16-39-17-20-45/h4-5,9-10,12-13,22,39H,6-8,11,16-21H2,1-3H3,(H,47,48)(H,40,42,43). The van der Waals surface area contributed by atoms with Crippen molar-refractivity contribution < 1.29 is 19.0 Å². The largest absolute Gasteiger partial charge is 0.491 e. The normalized spacial score (nSPS) is 14.9. The minimum atomic E-state index is -1.09. The summed E-state index contributed by atoms with van der Waals surface area (Å²) in [5.41, 5.74) is 3.23. The molecule has 14 heteroatoms. The van der Waals surface area contributed by atoms with E-state index in [1.165, 1.54) is 17.4 Å². The first-order valence-corrected chi connectivity index (χ1v) is 18.7. The molecule has 0 amide bonds. The first-order valence-electron chi connectivity index (χ1n) is 17.1. The van der Waals surface area contributed by atoms with E-state index in [2.05, 4.69) is 61.4 Å². The van der Waals surface area contributed by atoms with Crippen molar-refractivity contribution in [3.05, 3.63) is 75.5 Å². The van der Waals surface area contributed by atoms with Gasteiger partial charge in [0.2, 0.25) is 0 Å². The van der Waals surface area contributed by atoms with Gasteiger partial charge in [0.1, 0.15) is 0 Å². The topological polar surface area (TPSA) is 129 Å². The molecule has 7 rings (SSSR count). The molecule has 0 spiro atoms. The second-order valence-electron chi connectivity index (χ2n) is 13.1. The van der Waals surface area contributed by atoms with Crippen molar-refractivity contribution >= 4 is 60.8 Å². The van der Waals surface area contributed by atoms with Crippen LogP contribution >= 0.6 is 22.7 Å². The molecule has 0 saturated carbocycles. The Labute approximate surface area is 303 Å². The summed E-state index contributed by atoms with van der Waals surface area (Å²) in [5, 5.41) is 27.1. The lowest BCUT2D eigenvalue weighted by molar-refractivity contribution is 0.0690. The van der Waals surface area contributed by atoms with Crippen LogP contribution in [0.15, 0.2) is 42.5 Å². The lowest BCUT2D eigenvalue weighted by atomic mass is 10.0. The minimum Gasteiger partial charge on any atom is -0.491 e. The van der Waals surface area contributed by atoms with Crippen LogP contribution in [-0.2, 0) is 12.8 Å². The van der Waals surface area contributed by atoms with Crippen LogP contribution in [0.5, 0.6) is 5.75 Å². The number of carboxylic acid groups (broad SMARTS) is 1. The number of anilines is 4. The van der Waals surface area contributed by atoms with E-state index in [9.17, 15) is 14.3 Å². The quantitative estimate of drug-likeness (QED) is 0.107. The Bertz CT molecular complexity index is 2100. The number of nitrogens with one attached hydrogen (secondary N) is 2. The van der Waals surface area contributed by atoms with Gasteiger partial charge in [0.25, 0.3) is 0 Å². The third kappa shape index (κ3) is 7.67. The molecule has 2 aliphatic rings. The number of nitrogens with zero attached hydrogens (tertiary/aromatic N) is 6. The third-order valence-electron chi connectivity index (χ3n) is 9.18. The summed E-state index contributed by atoms with van der Waals surface area (Å²) in [6.07, 6.45) is 2.58. The first-order chi connectivity index (χ1) is 24.7. The highest BCUT2D eigenvalue weighted by Gasteiger charge is 2.29. The second-order valence-corrected chi connectivity index (χ2v) is 15.2. The number of hydrogen-bond acceptors (Lipinski definition) is 12. The predicted molar refractivity (Wildman–Crippen MR) is 200 cm³/mol.